The molecule has 0 aliphatic rings. The van der Waals surface area contributed by atoms with Gasteiger partial charge in [-0.25, -0.2) is 14.4 Å². The zero-order valence-electron chi connectivity index (χ0n) is 8.59. The van der Waals surface area contributed by atoms with Crippen molar-refractivity contribution in [2.45, 2.75) is 0 Å². The number of nitrogens with two attached hydrogens (primary N) is 1. The van der Waals surface area contributed by atoms with E-state index in [2.05, 4.69) is 20.3 Å². The normalized spacial score (nSPS) is 9.94. The molecule has 1 amide bonds. The van der Waals surface area contributed by atoms with Crippen molar-refractivity contribution >= 4 is 17.5 Å². The molecule has 2 aromatic heterocycles. The lowest BCUT2D eigenvalue weighted by Gasteiger charge is -2.03. The molecule has 2 aromatic rings. The number of anilines is 2. The molecule has 7 heteroatoms. The SMILES string of the molecule is Nc1cncc(C(=O)Nc2ccc(F)cn2)n1. The lowest BCUT2D eigenvalue weighted by Crippen LogP contribution is -2.15. The summed E-state index contributed by atoms with van der Waals surface area (Å²) >= 11 is 0. The zero-order valence-corrected chi connectivity index (χ0v) is 8.59. The van der Waals surface area contributed by atoms with E-state index in [1.165, 1.54) is 24.5 Å². The van der Waals surface area contributed by atoms with Gasteiger partial charge in [0.25, 0.3) is 5.91 Å². The molecule has 6 nitrogen and oxygen atoms in total. The van der Waals surface area contributed by atoms with E-state index in [-0.39, 0.29) is 17.3 Å². The number of hydrogen-bond acceptors (Lipinski definition) is 5. The molecule has 0 atom stereocenters. The van der Waals surface area contributed by atoms with Crippen LogP contribution in [-0.2, 0) is 0 Å². The zero-order chi connectivity index (χ0) is 12.3. The summed E-state index contributed by atoms with van der Waals surface area (Å²) in [6.07, 6.45) is 3.60. The van der Waals surface area contributed by atoms with E-state index in [4.69, 9.17) is 5.73 Å². The molecule has 0 unspecified atom stereocenters. The van der Waals surface area contributed by atoms with E-state index >= 15 is 0 Å². The molecular weight excluding hydrogens is 225 g/mol. The van der Waals surface area contributed by atoms with E-state index in [1.807, 2.05) is 0 Å². The first-order valence-corrected chi connectivity index (χ1v) is 4.65. The van der Waals surface area contributed by atoms with Gasteiger partial charge in [0.15, 0.2) is 0 Å². The average Bonchev–Trinajstić information content (AvgIpc) is 2.32. The number of carbonyl (C=O) groups is 1. The number of nitrogens with zero attached hydrogens (tertiary/aromatic N) is 3. The Kier molecular flexibility index (Phi) is 2.91. The standard InChI is InChI=1S/C10H8FN5O/c11-6-1-2-9(14-3-6)16-10(17)7-4-13-5-8(12)15-7/h1-5H,(H2,12,15)(H,14,16,17). The fourth-order valence-corrected chi connectivity index (χ4v) is 1.12. The van der Waals surface area contributed by atoms with E-state index < -0.39 is 11.7 Å². The maximum Gasteiger partial charge on any atom is 0.277 e. The van der Waals surface area contributed by atoms with Crippen LogP contribution in [-0.4, -0.2) is 20.9 Å². The average molecular weight is 233 g/mol. The predicted molar refractivity (Wildman–Crippen MR) is 58.6 cm³/mol. The lowest BCUT2D eigenvalue weighted by molar-refractivity contribution is 0.102. The van der Waals surface area contributed by atoms with E-state index in [0.29, 0.717) is 0 Å². The minimum Gasteiger partial charge on any atom is -0.382 e. The fourth-order valence-electron chi connectivity index (χ4n) is 1.12. The van der Waals surface area contributed by atoms with E-state index in [9.17, 15) is 9.18 Å². The summed E-state index contributed by atoms with van der Waals surface area (Å²) in [4.78, 5) is 22.8. The van der Waals surface area contributed by atoms with Gasteiger partial charge < -0.3 is 11.1 Å². The molecular formula is C10H8FN5O. The van der Waals surface area contributed by atoms with Crippen molar-refractivity contribution in [3.8, 4) is 0 Å². The number of pyridine rings is 1. The van der Waals surface area contributed by atoms with Crippen molar-refractivity contribution < 1.29 is 9.18 Å². The van der Waals surface area contributed by atoms with E-state index in [1.54, 1.807) is 0 Å². The third-order valence-electron chi connectivity index (χ3n) is 1.85. The van der Waals surface area contributed by atoms with Crippen LogP contribution in [0, 0.1) is 5.82 Å². The number of carbonyl (C=O) groups excluding carboxylic acids is 1. The molecule has 0 aromatic carbocycles. The molecule has 0 aliphatic heterocycles. The summed E-state index contributed by atoms with van der Waals surface area (Å²) in [7, 11) is 0. The highest BCUT2D eigenvalue weighted by Crippen LogP contribution is 2.06. The van der Waals surface area contributed by atoms with Crippen LogP contribution in [0.5, 0.6) is 0 Å². The number of aromatic nitrogens is 3. The van der Waals surface area contributed by atoms with Gasteiger partial charge >= 0.3 is 0 Å². The van der Waals surface area contributed by atoms with Gasteiger partial charge in [-0.05, 0) is 12.1 Å². The molecule has 86 valence electrons. The Hall–Kier alpha value is -2.57. The van der Waals surface area contributed by atoms with Gasteiger partial charge in [-0.15, -0.1) is 0 Å². The van der Waals surface area contributed by atoms with Crippen molar-refractivity contribution in [1.82, 2.24) is 15.0 Å². The molecule has 0 saturated carbocycles. The Morgan fingerprint density at radius 3 is 2.76 bits per heavy atom. The molecule has 0 aliphatic carbocycles. The van der Waals surface area contributed by atoms with Crippen LogP contribution in [0.2, 0.25) is 0 Å². The second kappa shape index (κ2) is 4.52. The summed E-state index contributed by atoms with van der Waals surface area (Å²) < 4.78 is 12.6. The number of rotatable bonds is 2. The highest BCUT2D eigenvalue weighted by molar-refractivity contribution is 6.02. The molecule has 3 N–H and O–H groups in total. The van der Waals surface area contributed by atoms with E-state index in [0.717, 1.165) is 6.20 Å². The first kappa shape index (κ1) is 10.9. The van der Waals surface area contributed by atoms with Gasteiger partial charge in [-0.3, -0.25) is 9.78 Å². The van der Waals surface area contributed by atoms with Crippen molar-refractivity contribution in [2.24, 2.45) is 0 Å². The molecule has 0 radical (unpaired) electrons. The van der Waals surface area contributed by atoms with Crippen molar-refractivity contribution in [3.63, 3.8) is 0 Å². The Balaban J connectivity index is 2.14. The topological polar surface area (TPSA) is 93.8 Å². The van der Waals surface area contributed by atoms with Crippen LogP contribution < -0.4 is 11.1 Å². The quantitative estimate of drug-likeness (QED) is 0.801. The van der Waals surface area contributed by atoms with Gasteiger partial charge in [-0.2, -0.15) is 0 Å². The van der Waals surface area contributed by atoms with Gasteiger partial charge in [0.2, 0.25) is 0 Å². The van der Waals surface area contributed by atoms with Crippen molar-refractivity contribution in [2.75, 3.05) is 11.1 Å². The Morgan fingerprint density at radius 2 is 2.12 bits per heavy atom. The molecule has 2 heterocycles. The highest BCUT2D eigenvalue weighted by atomic mass is 19.1. The first-order valence-electron chi connectivity index (χ1n) is 4.65. The summed E-state index contributed by atoms with van der Waals surface area (Å²) in [6, 6.07) is 2.53. The molecule has 2 rings (SSSR count). The van der Waals surface area contributed by atoms with Gasteiger partial charge in [0.1, 0.15) is 23.1 Å². The maximum atomic E-state index is 12.6. The summed E-state index contributed by atoms with van der Waals surface area (Å²) in [5.74, 6) is -0.624. The Bertz CT molecular complexity index is 543. The van der Waals surface area contributed by atoms with Crippen LogP contribution in [0.4, 0.5) is 16.0 Å². The number of halogens is 1. The summed E-state index contributed by atoms with van der Waals surface area (Å²) in [5, 5.41) is 2.44. The molecule has 0 spiro atoms. The van der Waals surface area contributed by atoms with Crippen molar-refractivity contribution in [1.29, 1.82) is 0 Å². The molecule has 0 saturated heterocycles. The lowest BCUT2D eigenvalue weighted by atomic mass is 10.4. The fraction of sp³-hybridized carbons (Fsp3) is 0. The van der Waals surface area contributed by atoms with Crippen LogP contribution in [0.1, 0.15) is 10.5 Å². The Labute approximate surface area is 95.7 Å². The highest BCUT2D eigenvalue weighted by Gasteiger charge is 2.09. The predicted octanol–water partition coefficient (Wildman–Crippen LogP) is 0.845. The minimum atomic E-state index is -0.510. The number of nitrogen functional groups attached to an aromatic ring is 1. The molecule has 0 fully saturated rings. The third-order valence-corrected chi connectivity index (χ3v) is 1.85. The second-order valence-electron chi connectivity index (χ2n) is 3.14. The van der Waals surface area contributed by atoms with Gasteiger partial charge in [-0.1, -0.05) is 0 Å². The van der Waals surface area contributed by atoms with Crippen LogP contribution in [0.15, 0.2) is 30.7 Å². The molecule has 17 heavy (non-hydrogen) atoms. The summed E-state index contributed by atoms with van der Waals surface area (Å²) in [6.45, 7) is 0. The van der Waals surface area contributed by atoms with Gasteiger partial charge in [0, 0.05) is 0 Å². The van der Waals surface area contributed by atoms with Crippen LogP contribution >= 0.6 is 0 Å². The minimum absolute atomic E-state index is 0.0659. The smallest absolute Gasteiger partial charge is 0.277 e. The largest absolute Gasteiger partial charge is 0.382 e. The first-order chi connectivity index (χ1) is 8.15. The number of amides is 1. The summed E-state index contributed by atoms with van der Waals surface area (Å²) in [5.41, 5.74) is 5.46. The van der Waals surface area contributed by atoms with Crippen LogP contribution in [0.3, 0.4) is 0 Å². The molecule has 0 bridgehead atoms. The second-order valence-corrected chi connectivity index (χ2v) is 3.14. The Morgan fingerprint density at radius 1 is 1.29 bits per heavy atom. The number of hydrogen-bond donors (Lipinski definition) is 2. The number of nitrogens with one attached hydrogen (secondary N) is 1. The van der Waals surface area contributed by atoms with Crippen molar-refractivity contribution in [3.05, 3.63) is 42.2 Å². The van der Waals surface area contributed by atoms with Crippen LogP contribution in [0.25, 0.3) is 0 Å². The monoisotopic (exact) mass is 233 g/mol. The third kappa shape index (κ3) is 2.71. The maximum absolute atomic E-state index is 12.6. The van der Waals surface area contributed by atoms with Gasteiger partial charge in [0.05, 0.1) is 18.6 Å².